The third-order valence-electron chi connectivity index (χ3n) is 9.12. The van der Waals surface area contributed by atoms with Gasteiger partial charge in [-0.3, -0.25) is 14.8 Å². The number of aromatic carboxylic acids is 1. The lowest BCUT2D eigenvalue weighted by atomic mass is 10.1. The summed E-state index contributed by atoms with van der Waals surface area (Å²) in [7, 11) is 0. The number of hydrogen-bond acceptors (Lipinski definition) is 11. The van der Waals surface area contributed by atoms with E-state index in [2.05, 4.69) is 35.4 Å². The predicted molar refractivity (Wildman–Crippen MR) is 221 cm³/mol. The number of hydrogen-bond donors (Lipinski definition) is 3. The van der Waals surface area contributed by atoms with Crippen LogP contribution in [-0.4, -0.2) is 72.2 Å². The molecule has 0 aliphatic carbocycles. The molecule has 2 aliphatic heterocycles. The summed E-state index contributed by atoms with van der Waals surface area (Å²) in [6.45, 7) is 9.35. The maximum atomic E-state index is 12.7. The highest BCUT2D eigenvalue weighted by Crippen LogP contribution is 2.26. The first-order valence-electron chi connectivity index (χ1n) is 18.5. The molecule has 1 amide bonds. The van der Waals surface area contributed by atoms with E-state index in [1.165, 1.54) is 38.5 Å². The number of thiazole rings is 2. The minimum absolute atomic E-state index is 0.136. The van der Waals surface area contributed by atoms with Crippen LogP contribution in [0.1, 0.15) is 82.0 Å². The summed E-state index contributed by atoms with van der Waals surface area (Å²) in [5, 5.41) is 18.4. The standard InChI is InChI=1S/C20H23N5OS.C15H19N3O2S.C5H6N2/c1-15-10-18(19(26)22-16-6-5-7-21-11-16)25(12-15)13-17-14-27-20(23-17)24-8-3-2-4-9-24;1-11-7-13(14(19)20)18(8-11)9-12-10-21-15(16-12)17-5-3-2-4-6-17;6-5-2-1-3-7-4-5/h5-7,10-12,14H,2-4,8-9,13H2,1H3,(H,22,26);7-8,10H,2-6,9H2,1H3,(H,19,20);1-4H,6H2. The van der Waals surface area contributed by atoms with Crippen LogP contribution in [0.5, 0.6) is 0 Å². The highest BCUT2D eigenvalue weighted by atomic mass is 32.1. The van der Waals surface area contributed by atoms with Crippen LogP contribution in [0.25, 0.3) is 0 Å². The lowest BCUT2D eigenvalue weighted by Gasteiger charge is -2.25. The van der Waals surface area contributed by atoms with Crippen molar-refractivity contribution in [2.24, 2.45) is 0 Å². The molecule has 4 N–H and O–H groups in total. The molecule has 0 atom stereocenters. The second-order valence-electron chi connectivity index (χ2n) is 13.7. The summed E-state index contributed by atoms with van der Waals surface area (Å²) >= 11 is 3.34. The van der Waals surface area contributed by atoms with Gasteiger partial charge in [0.1, 0.15) is 11.4 Å². The molecule has 15 heteroatoms. The molecule has 2 fully saturated rings. The molecular weight excluding hydrogens is 733 g/mol. The van der Waals surface area contributed by atoms with Crippen LogP contribution < -0.4 is 20.9 Å². The average Bonchev–Trinajstić information content (AvgIpc) is 4.02. The molecule has 13 nitrogen and oxygen atoms in total. The quantitative estimate of drug-likeness (QED) is 0.133. The number of pyridine rings is 2. The van der Waals surface area contributed by atoms with Crippen LogP contribution in [0.15, 0.2) is 84.3 Å². The number of carboxylic acids is 1. The summed E-state index contributed by atoms with van der Waals surface area (Å²) in [4.78, 5) is 45.9. The Kier molecular flexibility index (Phi) is 13.6. The lowest BCUT2D eigenvalue weighted by Crippen LogP contribution is -2.29. The van der Waals surface area contributed by atoms with Gasteiger partial charge < -0.3 is 35.1 Å². The number of anilines is 4. The number of nitrogens with zero attached hydrogens (tertiary/aromatic N) is 8. The average molecular weight is 781 g/mol. The number of nitrogens with two attached hydrogens (primary N) is 1. The third-order valence-corrected chi connectivity index (χ3v) is 11.0. The Balaban J connectivity index is 0.000000162. The van der Waals surface area contributed by atoms with E-state index in [-0.39, 0.29) is 5.91 Å². The third kappa shape index (κ3) is 11.2. The van der Waals surface area contributed by atoms with E-state index in [0.29, 0.717) is 35.9 Å². The van der Waals surface area contributed by atoms with Crippen molar-refractivity contribution in [3.63, 3.8) is 0 Å². The van der Waals surface area contributed by atoms with Crippen LogP contribution in [0, 0.1) is 13.8 Å². The van der Waals surface area contributed by atoms with Crippen molar-refractivity contribution in [2.75, 3.05) is 47.0 Å². The van der Waals surface area contributed by atoms with Gasteiger partial charge in [0.2, 0.25) is 0 Å². The van der Waals surface area contributed by atoms with Crippen LogP contribution in [0.4, 0.5) is 21.6 Å². The zero-order chi connectivity index (χ0) is 38.6. The second kappa shape index (κ2) is 19.2. The Morgan fingerprint density at radius 3 is 1.71 bits per heavy atom. The van der Waals surface area contributed by atoms with Crippen molar-refractivity contribution in [3.05, 3.63) is 118 Å². The van der Waals surface area contributed by atoms with Gasteiger partial charge in [0.05, 0.1) is 42.0 Å². The van der Waals surface area contributed by atoms with Crippen molar-refractivity contribution in [1.82, 2.24) is 29.1 Å². The number of nitrogen functional groups attached to an aromatic ring is 1. The molecule has 8 heterocycles. The maximum Gasteiger partial charge on any atom is 0.352 e. The van der Waals surface area contributed by atoms with Gasteiger partial charge in [0.15, 0.2) is 10.3 Å². The van der Waals surface area contributed by atoms with Gasteiger partial charge in [-0.15, -0.1) is 22.7 Å². The number of nitrogens with one attached hydrogen (secondary N) is 1. The maximum absolute atomic E-state index is 12.7. The number of amides is 1. The van der Waals surface area contributed by atoms with Gasteiger partial charge in [-0.2, -0.15) is 0 Å². The Morgan fingerprint density at radius 1 is 0.745 bits per heavy atom. The van der Waals surface area contributed by atoms with Gasteiger partial charge in [-0.25, -0.2) is 14.8 Å². The predicted octanol–water partition coefficient (Wildman–Crippen LogP) is 7.59. The fourth-order valence-electron chi connectivity index (χ4n) is 6.50. The van der Waals surface area contributed by atoms with Crippen molar-refractivity contribution in [2.45, 2.75) is 65.5 Å². The SMILES string of the molecule is Cc1cc(C(=O)Nc2cccnc2)n(Cc2csc(N3CCCCC3)n2)c1.Cc1cc(C(=O)O)n(Cc2csc(N3CCCCC3)n2)c1.Nc1cccnc1. The van der Waals surface area contributed by atoms with E-state index in [1.807, 2.05) is 48.3 Å². The Bertz CT molecular complexity index is 2110. The zero-order valence-corrected chi connectivity index (χ0v) is 32.9. The molecular formula is C40H48N10O3S2. The number of carboxylic acid groups (broad SMARTS) is 1. The number of piperidine rings is 2. The van der Waals surface area contributed by atoms with Gasteiger partial charge in [0, 0.05) is 67.9 Å². The summed E-state index contributed by atoms with van der Waals surface area (Å²) < 4.78 is 3.72. The molecule has 0 saturated carbocycles. The van der Waals surface area contributed by atoms with E-state index < -0.39 is 5.97 Å². The van der Waals surface area contributed by atoms with Crippen molar-refractivity contribution in [1.29, 1.82) is 0 Å². The van der Waals surface area contributed by atoms with E-state index in [4.69, 9.17) is 10.7 Å². The van der Waals surface area contributed by atoms with Gasteiger partial charge in [-0.05, 0) is 99.9 Å². The summed E-state index contributed by atoms with van der Waals surface area (Å²) in [6, 6.07) is 10.8. The van der Waals surface area contributed by atoms with E-state index in [0.717, 1.165) is 59.0 Å². The van der Waals surface area contributed by atoms with Gasteiger partial charge in [0.25, 0.3) is 5.91 Å². The Morgan fingerprint density at radius 2 is 1.25 bits per heavy atom. The monoisotopic (exact) mass is 780 g/mol. The molecule has 0 bridgehead atoms. The fraction of sp³-hybridized carbons (Fsp3) is 0.350. The minimum Gasteiger partial charge on any atom is -0.477 e. The molecule has 2 saturated heterocycles. The lowest BCUT2D eigenvalue weighted by molar-refractivity contribution is 0.0685. The molecule has 0 spiro atoms. The smallest absolute Gasteiger partial charge is 0.352 e. The normalized spacial score (nSPS) is 14.0. The fourth-order valence-corrected chi connectivity index (χ4v) is 8.24. The van der Waals surface area contributed by atoms with Crippen molar-refractivity contribution in [3.8, 4) is 0 Å². The van der Waals surface area contributed by atoms with E-state index >= 15 is 0 Å². The molecule has 55 heavy (non-hydrogen) atoms. The summed E-state index contributed by atoms with van der Waals surface area (Å²) in [6.07, 6.45) is 18.1. The number of aryl methyl sites for hydroxylation is 2. The van der Waals surface area contributed by atoms with E-state index in [1.54, 1.807) is 76.3 Å². The molecule has 0 unspecified atom stereocenters. The topological polar surface area (TPSA) is 160 Å². The molecule has 0 radical (unpaired) electrons. The number of carbonyl (C=O) groups excluding carboxylic acids is 1. The number of rotatable bonds is 9. The van der Waals surface area contributed by atoms with Crippen LogP contribution >= 0.6 is 22.7 Å². The largest absolute Gasteiger partial charge is 0.477 e. The summed E-state index contributed by atoms with van der Waals surface area (Å²) in [5.41, 5.74) is 11.6. The van der Waals surface area contributed by atoms with E-state index in [9.17, 15) is 14.7 Å². The Labute approximate surface area is 329 Å². The van der Waals surface area contributed by atoms with Crippen molar-refractivity contribution < 1.29 is 14.7 Å². The second-order valence-corrected chi connectivity index (χ2v) is 15.4. The molecule has 2 aliphatic rings. The van der Waals surface area contributed by atoms with Gasteiger partial charge >= 0.3 is 5.97 Å². The van der Waals surface area contributed by atoms with Crippen molar-refractivity contribution >= 4 is 56.2 Å². The summed E-state index contributed by atoms with van der Waals surface area (Å²) in [5.74, 6) is -1.03. The minimum atomic E-state index is -0.894. The first-order chi connectivity index (χ1) is 26.7. The Hall–Kier alpha value is -5.54. The number of aromatic nitrogens is 6. The van der Waals surface area contributed by atoms with Gasteiger partial charge in [-0.1, -0.05) is 0 Å². The molecule has 6 aromatic heterocycles. The zero-order valence-electron chi connectivity index (χ0n) is 31.3. The first kappa shape index (κ1) is 39.2. The first-order valence-corrected chi connectivity index (χ1v) is 20.3. The number of carbonyl (C=O) groups is 2. The molecule has 0 aromatic carbocycles. The van der Waals surface area contributed by atoms with Crippen LogP contribution in [0.3, 0.4) is 0 Å². The van der Waals surface area contributed by atoms with Crippen LogP contribution in [-0.2, 0) is 13.1 Å². The highest BCUT2D eigenvalue weighted by Gasteiger charge is 2.18. The van der Waals surface area contributed by atoms with Crippen LogP contribution in [0.2, 0.25) is 0 Å². The molecule has 8 rings (SSSR count). The molecule has 6 aromatic rings. The molecule has 288 valence electrons. The highest BCUT2D eigenvalue weighted by molar-refractivity contribution is 7.14.